The Morgan fingerprint density at radius 1 is 1.26 bits per heavy atom. The van der Waals surface area contributed by atoms with Crippen LogP contribution in [0.5, 0.6) is 5.75 Å². The van der Waals surface area contributed by atoms with Gasteiger partial charge in [-0.05, 0) is 64.5 Å². The van der Waals surface area contributed by atoms with E-state index in [0.717, 1.165) is 40.7 Å². The molecule has 170 valence electrons. The fraction of sp³-hybridized carbons (Fsp3) is 0.600. The SMILES string of the molecule is CCn1nc(C(=O)NCC2CCC(C)CC2)c(C)c1-c1ccc(NC(C)C)cc1OC. The number of anilines is 1. The summed E-state index contributed by atoms with van der Waals surface area (Å²) in [5.74, 6) is 2.08. The van der Waals surface area contributed by atoms with Gasteiger partial charge in [-0.15, -0.1) is 0 Å². The summed E-state index contributed by atoms with van der Waals surface area (Å²) in [6.07, 6.45) is 4.91. The van der Waals surface area contributed by atoms with Gasteiger partial charge in [0, 0.05) is 42.0 Å². The first-order valence-electron chi connectivity index (χ1n) is 11.6. The van der Waals surface area contributed by atoms with Crippen molar-refractivity contribution in [3.8, 4) is 17.0 Å². The van der Waals surface area contributed by atoms with Crippen LogP contribution in [0.4, 0.5) is 5.69 Å². The maximum Gasteiger partial charge on any atom is 0.272 e. The van der Waals surface area contributed by atoms with Crippen molar-refractivity contribution < 1.29 is 9.53 Å². The van der Waals surface area contributed by atoms with Crippen molar-refractivity contribution >= 4 is 11.6 Å². The van der Waals surface area contributed by atoms with E-state index < -0.39 is 0 Å². The van der Waals surface area contributed by atoms with Crippen LogP contribution in [0.25, 0.3) is 11.3 Å². The Kier molecular flexibility index (Phi) is 7.63. The van der Waals surface area contributed by atoms with Crippen LogP contribution in [0.1, 0.15) is 69.4 Å². The maximum atomic E-state index is 13.0. The summed E-state index contributed by atoms with van der Waals surface area (Å²) in [6, 6.07) is 6.44. The fourth-order valence-corrected chi connectivity index (χ4v) is 4.50. The average molecular weight is 427 g/mol. The monoisotopic (exact) mass is 426 g/mol. The van der Waals surface area contributed by atoms with Gasteiger partial charge in [0.05, 0.1) is 12.8 Å². The summed E-state index contributed by atoms with van der Waals surface area (Å²) in [5, 5.41) is 11.2. The molecule has 0 unspecified atom stereocenters. The number of benzene rings is 1. The second kappa shape index (κ2) is 10.2. The number of amides is 1. The summed E-state index contributed by atoms with van der Waals surface area (Å²) in [4.78, 5) is 13.0. The highest BCUT2D eigenvalue weighted by Crippen LogP contribution is 2.36. The number of rotatable bonds is 8. The number of nitrogens with zero attached hydrogens (tertiary/aromatic N) is 2. The number of aryl methyl sites for hydroxylation is 1. The van der Waals surface area contributed by atoms with E-state index in [1.165, 1.54) is 25.7 Å². The van der Waals surface area contributed by atoms with Gasteiger partial charge in [0.15, 0.2) is 5.69 Å². The van der Waals surface area contributed by atoms with Crippen LogP contribution in [0.2, 0.25) is 0 Å². The molecule has 0 spiro atoms. The number of methoxy groups -OCH3 is 1. The Bertz CT molecular complexity index is 895. The van der Waals surface area contributed by atoms with Crippen molar-refractivity contribution in [3.05, 3.63) is 29.5 Å². The van der Waals surface area contributed by atoms with E-state index in [4.69, 9.17) is 4.74 Å². The van der Waals surface area contributed by atoms with E-state index in [0.29, 0.717) is 24.2 Å². The maximum absolute atomic E-state index is 13.0. The van der Waals surface area contributed by atoms with Gasteiger partial charge in [-0.1, -0.05) is 19.8 Å². The van der Waals surface area contributed by atoms with Gasteiger partial charge in [0.1, 0.15) is 5.75 Å². The number of aromatic nitrogens is 2. The van der Waals surface area contributed by atoms with Gasteiger partial charge in [0.25, 0.3) is 5.91 Å². The molecule has 0 saturated heterocycles. The lowest BCUT2D eigenvalue weighted by Gasteiger charge is -2.26. The highest BCUT2D eigenvalue weighted by atomic mass is 16.5. The largest absolute Gasteiger partial charge is 0.496 e. The summed E-state index contributed by atoms with van der Waals surface area (Å²) in [7, 11) is 1.68. The topological polar surface area (TPSA) is 68.2 Å². The molecule has 0 aliphatic heterocycles. The minimum absolute atomic E-state index is 0.0818. The zero-order valence-corrected chi connectivity index (χ0v) is 19.9. The first kappa shape index (κ1) is 23.2. The zero-order valence-electron chi connectivity index (χ0n) is 19.9. The quantitative estimate of drug-likeness (QED) is 0.604. The molecule has 2 N–H and O–H groups in total. The van der Waals surface area contributed by atoms with Crippen LogP contribution in [0, 0.1) is 18.8 Å². The van der Waals surface area contributed by atoms with Crippen LogP contribution in [-0.2, 0) is 6.54 Å². The fourth-order valence-electron chi connectivity index (χ4n) is 4.50. The molecule has 3 rings (SSSR count). The Morgan fingerprint density at radius 3 is 2.58 bits per heavy atom. The van der Waals surface area contributed by atoms with Crippen molar-refractivity contribution in [1.82, 2.24) is 15.1 Å². The van der Waals surface area contributed by atoms with E-state index in [1.54, 1.807) is 7.11 Å². The number of carbonyl (C=O) groups excluding carboxylic acids is 1. The normalized spacial score (nSPS) is 18.8. The minimum atomic E-state index is -0.0818. The number of nitrogens with one attached hydrogen (secondary N) is 2. The Morgan fingerprint density at radius 2 is 1.97 bits per heavy atom. The van der Waals surface area contributed by atoms with E-state index in [9.17, 15) is 4.79 Å². The third kappa shape index (κ3) is 5.41. The van der Waals surface area contributed by atoms with Gasteiger partial charge in [0.2, 0.25) is 0 Å². The third-order valence-corrected chi connectivity index (χ3v) is 6.30. The predicted octanol–water partition coefficient (Wildman–Crippen LogP) is 5.26. The summed E-state index contributed by atoms with van der Waals surface area (Å²) in [5.41, 5.74) is 4.29. The van der Waals surface area contributed by atoms with E-state index in [1.807, 2.05) is 36.7 Å². The highest BCUT2D eigenvalue weighted by molar-refractivity contribution is 5.95. The predicted molar refractivity (Wildman–Crippen MR) is 127 cm³/mol. The second-order valence-corrected chi connectivity index (χ2v) is 9.19. The lowest BCUT2D eigenvalue weighted by Crippen LogP contribution is -2.31. The van der Waals surface area contributed by atoms with E-state index in [-0.39, 0.29) is 5.91 Å². The molecule has 1 aliphatic carbocycles. The van der Waals surface area contributed by atoms with Gasteiger partial charge < -0.3 is 15.4 Å². The molecule has 1 amide bonds. The van der Waals surface area contributed by atoms with Crippen LogP contribution in [0.3, 0.4) is 0 Å². The van der Waals surface area contributed by atoms with Crippen LogP contribution in [-0.4, -0.2) is 35.4 Å². The molecule has 0 atom stereocenters. The Labute approximate surface area is 186 Å². The number of carbonyl (C=O) groups is 1. The second-order valence-electron chi connectivity index (χ2n) is 9.19. The van der Waals surface area contributed by atoms with Gasteiger partial charge in [-0.3, -0.25) is 9.48 Å². The first-order chi connectivity index (χ1) is 14.8. The van der Waals surface area contributed by atoms with Crippen molar-refractivity contribution in [2.75, 3.05) is 19.0 Å². The molecule has 1 aromatic heterocycles. The molecule has 31 heavy (non-hydrogen) atoms. The number of hydrogen-bond donors (Lipinski definition) is 2. The van der Waals surface area contributed by atoms with Crippen molar-refractivity contribution in [2.24, 2.45) is 11.8 Å². The molecule has 0 bridgehead atoms. The molecule has 1 aromatic carbocycles. The lowest BCUT2D eigenvalue weighted by atomic mass is 9.83. The van der Waals surface area contributed by atoms with E-state index in [2.05, 4.69) is 36.5 Å². The van der Waals surface area contributed by atoms with Crippen molar-refractivity contribution in [2.45, 2.75) is 72.9 Å². The molecule has 6 heteroatoms. The molecular formula is C25H38N4O2. The standard InChI is InChI=1S/C25H38N4O2/c1-7-29-24(21-13-12-20(27-16(2)3)14-22(21)31-6)18(5)23(28-29)25(30)26-15-19-10-8-17(4)9-11-19/h12-14,16-17,19,27H,7-11,15H2,1-6H3,(H,26,30). The van der Waals surface area contributed by atoms with Crippen LogP contribution in [0.15, 0.2) is 18.2 Å². The number of ether oxygens (including phenoxy) is 1. The minimum Gasteiger partial charge on any atom is -0.496 e. The highest BCUT2D eigenvalue weighted by Gasteiger charge is 2.24. The van der Waals surface area contributed by atoms with Crippen LogP contribution < -0.4 is 15.4 Å². The lowest BCUT2D eigenvalue weighted by molar-refractivity contribution is 0.0935. The Hall–Kier alpha value is -2.50. The third-order valence-electron chi connectivity index (χ3n) is 6.30. The van der Waals surface area contributed by atoms with Crippen molar-refractivity contribution in [1.29, 1.82) is 0 Å². The molecule has 6 nitrogen and oxygen atoms in total. The Balaban J connectivity index is 1.83. The molecule has 0 radical (unpaired) electrons. The molecular weight excluding hydrogens is 388 g/mol. The summed E-state index contributed by atoms with van der Waals surface area (Å²) < 4.78 is 7.60. The zero-order chi connectivity index (χ0) is 22.5. The summed E-state index contributed by atoms with van der Waals surface area (Å²) in [6.45, 7) is 12.0. The smallest absolute Gasteiger partial charge is 0.272 e. The van der Waals surface area contributed by atoms with Crippen LogP contribution >= 0.6 is 0 Å². The van der Waals surface area contributed by atoms with Gasteiger partial charge >= 0.3 is 0 Å². The average Bonchev–Trinajstić information content (AvgIpc) is 3.08. The summed E-state index contributed by atoms with van der Waals surface area (Å²) >= 11 is 0. The molecule has 1 fully saturated rings. The molecule has 1 aliphatic rings. The molecule has 2 aromatic rings. The van der Waals surface area contributed by atoms with Crippen molar-refractivity contribution in [3.63, 3.8) is 0 Å². The number of hydrogen-bond acceptors (Lipinski definition) is 4. The van der Waals surface area contributed by atoms with Gasteiger partial charge in [-0.25, -0.2) is 0 Å². The van der Waals surface area contributed by atoms with Gasteiger partial charge in [-0.2, -0.15) is 5.10 Å². The molecule has 1 saturated carbocycles. The van der Waals surface area contributed by atoms with E-state index >= 15 is 0 Å². The molecule has 1 heterocycles. The first-order valence-corrected chi connectivity index (χ1v) is 11.6.